The number of nitrogens with one attached hydrogen (secondary N) is 2. The molecule has 2 N–H and O–H groups in total. The minimum absolute atomic E-state index is 0.183. The number of carbonyl (C=O) groups excluding carboxylic acids is 2. The van der Waals surface area contributed by atoms with E-state index in [-0.39, 0.29) is 5.69 Å². The van der Waals surface area contributed by atoms with E-state index in [0.717, 1.165) is 39.4 Å². The second-order valence-electron chi connectivity index (χ2n) is 6.21. The minimum atomic E-state index is -0.469. The summed E-state index contributed by atoms with van der Waals surface area (Å²) in [5.41, 5.74) is 1.01. The van der Waals surface area contributed by atoms with Crippen molar-refractivity contribution in [3.05, 3.63) is 47.7 Å². The number of rotatable bonds is 7. The maximum absolute atomic E-state index is 12.3. The summed E-state index contributed by atoms with van der Waals surface area (Å²) >= 11 is 0. The van der Waals surface area contributed by atoms with Crippen LogP contribution in [0, 0.1) is 0 Å². The van der Waals surface area contributed by atoms with Crippen molar-refractivity contribution in [1.29, 1.82) is 0 Å². The van der Waals surface area contributed by atoms with Crippen LogP contribution in [0.1, 0.15) is 20.8 Å². The lowest BCUT2D eigenvalue weighted by Gasteiger charge is -2.26. The van der Waals surface area contributed by atoms with E-state index >= 15 is 0 Å². The van der Waals surface area contributed by atoms with Crippen LogP contribution in [-0.2, 0) is 9.47 Å². The molecule has 1 aromatic carbocycles. The van der Waals surface area contributed by atoms with Gasteiger partial charge in [-0.2, -0.15) is 0 Å². The zero-order chi connectivity index (χ0) is 19.8. The van der Waals surface area contributed by atoms with Crippen molar-refractivity contribution in [3.63, 3.8) is 0 Å². The number of nitrogens with zero attached hydrogens (tertiary/aromatic N) is 3. The van der Waals surface area contributed by atoms with Gasteiger partial charge >= 0.3 is 5.97 Å². The smallest absolute Gasteiger partial charge is 0.337 e. The van der Waals surface area contributed by atoms with Gasteiger partial charge in [0.1, 0.15) is 5.82 Å². The normalized spacial score (nSPS) is 14.3. The Kier molecular flexibility index (Phi) is 6.88. The molecule has 1 aliphatic rings. The molecule has 2 aromatic rings. The quantitative estimate of drug-likeness (QED) is 0.686. The number of esters is 1. The highest BCUT2D eigenvalue weighted by Crippen LogP contribution is 2.13. The van der Waals surface area contributed by atoms with E-state index in [4.69, 9.17) is 4.74 Å². The third kappa shape index (κ3) is 5.48. The Bertz CT molecular complexity index is 806. The Morgan fingerprint density at radius 3 is 2.71 bits per heavy atom. The molecule has 0 atom stereocenters. The predicted molar refractivity (Wildman–Crippen MR) is 104 cm³/mol. The maximum atomic E-state index is 12.3. The van der Waals surface area contributed by atoms with Gasteiger partial charge in [0.25, 0.3) is 5.91 Å². The molecule has 1 aromatic heterocycles. The number of hydrogen-bond donors (Lipinski definition) is 2. The number of benzene rings is 1. The molecule has 28 heavy (non-hydrogen) atoms. The Balaban J connectivity index is 1.51. The molecular weight excluding hydrogens is 362 g/mol. The fourth-order valence-electron chi connectivity index (χ4n) is 2.75. The largest absolute Gasteiger partial charge is 0.465 e. The summed E-state index contributed by atoms with van der Waals surface area (Å²) in [5, 5.41) is 13.9. The van der Waals surface area contributed by atoms with E-state index in [9.17, 15) is 9.59 Å². The summed E-state index contributed by atoms with van der Waals surface area (Å²) in [7, 11) is 1.31. The summed E-state index contributed by atoms with van der Waals surface area (Å²) in [6.45, 7) is 5.04. The Hall–Kier alpha value is -3.04. The molecule has 1 fully saturated rings. The highest BCUT2D eigenvalue weighted by Gasteiger charge is 2.12. The van der Waals surface area contributed by atoms with Crippen LogP contribution in [-0.4, -0.2) is 73.5 Å². The molecule has 1 amide bonds. The molecule has 1 saturated heterocycles. The molecule has 9 nitrogen and oxygen atoms in total. The molecule has 3 rings (SSSR count). The van der Waals surface area contributed by atoms with E-state index in [1.807, 2.05) is 0 Å². The van der Waals surface area contributed by atoms with E-state index in [2.05, 4.69) is 30.5 Å². The molecule has 148 valence electrons. The Labute approximate surface area is 163 Å². The van der Waals surface area contributed by atoms with Crippen molar-refractivity contribution < 1.29 is 19.1 Å². The third-order valence-corrected chi connectivity index (χ3v) is 4.28. The van der Waals surface area contributed by atoms with Crippen molar-refractivity contribution in [2.24, 2.45) is 0 Å². The summed E-state index contributed by atoms with van der Waals surface area (Å²) < 4.78 is 10.00. The van der Waals surface area contributed by atoms with Gasteiger partial charge in [0, 0.05) is 31.9 Å². The van der Waals surface area contributed by atoms with Crippen LogP contribution >= 0.6 is 0 Å². The number of carbonyl (C=O) groups is 2. The van der Waals surface area contributed by atoms with Crippen molar-refractivity contribution >= 4 is 23.4 Å². The summed E-state index contributed by atoms with van der Waals surface area (Å²) in [4.78, 5) is 26.2. The molecule has 9 heteroatoms. The molecular formula is C19H23N5O4. The van der Waals surface area contributed by atoms with E-state index in [1.54, 1.807) is 36.4 Å². The first-order valence-corrected chi connectivity index (χ1v) is 9.03. The van der Waals surface area contributed by atoms with E-state index in [1.165, 1.54) is 7.11 Å². The maximum Gasteiger partial charge on any atom is 0.337 e. The van der Waals surface area contributed by atoms with Crippen LogP contribution in [0.4, 0.5) is 11.5 Å². The molecule has 0 aliphatic carbocycles. The zero-order valence-electron chi connectivity index (χ0n) is 15.7. The number of anilines is 2. The Morgan fingerprint density at radius 2 is 2.00 bits per heavy atom. The lowest BCUT2D eigenvalue weighted by atomic mass is 10.2. The van der Waals surface area contributed by atoms with Gasteiger partial charge in [-0.1, -0.05) is 6.07 Å². The van der Waals surface area contributed by atoms with Crippen molar-refractivity contribution in [3.8, 4) is 0 Å². The number of amides is 1. The van der Waals surface area contributed by atoms with Gasteiger partial charge in [0.15, 0.2) is 5.69 Å². The van der Waals surface area contributed by atoms with Crippen LogP contribution in [0.15, 0.2) is 36.4 Å². The third-order valence-electron chi connectivity index (χ3n) is 4.28. The number of hydrogen-bond acceptors (Lipinski definition) is 8. The van der Waals surface area contributed by atoms with Crippen molar-refractivity contribution in [1.82, 2.24) is 15.1 Å². The SMILES string of the molecule is COC(=O)c1cccc(NC(=O)c2ccc(NCCN3CCOCC3)nn2)c1. The van der Waals surface area contributed by atoms with Crippen LogP contribution in [0.3, 0.4) is 0 Å². The van der Waals surface area contributed by atoms with Gasteiger partial charge in [-0.25, -0.2) is 4.79 Å². The molecule has 2 heterocycles. The Morgan fingerprint density at radius 1 is 1.18 bits per heavy atom. The van der Waals surface area contributed by atoms with Gasteiger partial charge in [0.2, 0.25) is 0 Å². The highest BCUT2D eigenvalue weighted by atomic mass is 16.5. The molecule has 0 unspecified atom stereocenters. The number of methoxy groups -OCH3 is 1. The number of ether oxygens (including phenoxy) is 2. The standard InChI is InChI=1S/C19H23N5O4/c1-27-19(26)14-3-2-4-15(13-14)21-18(25)16-5-6-17(23-22-16)20-7-8-24-9-11-28-12-10-24/h2-6,13H,7-12H2,1H3,(H,20,23)(H,21,25). The van der Waals surface area contributed by atoms with Crippen LogP contribution in [0.2, 0.25) is 0 Å². The van der Waals surface area contributed by atoms with Gasteiger partial charge < -0.3 is 20.1 Å². The molecule has 0 spiro atoms. The van der Waals surface area contributed by atoms with Crippen LogP contribution < -0.4 is 10.6 Å². The molecule has 0 saturated carbocycles. The van der Waals surface area contributed by atoms with E-state index in [0.29, 0.717) is 17.1 Å². The predicted octanol–water partition coefficient (Wildman–Crippen LogP) is 1.26. The summed E-state index contributed by atoms with van der Waals surface area (Å²) in [6, 6.07) is 9.81. The van der Waals surface area contributed by atoms with Crippen LogP contribution in [0.25, 0.3) is 0 Å². The monoisotopic (exact) mass is 385 g/mol. The summed E-state index contributed by atoms with van der Waals surface area (Å²) in [6.07, 6.45) is 0. The fourth-order valence-corrected chi connectivity index (χ4v) is 2.75. The average Bonchev–Trinajstić information content (AvgIpc) is 2.74. The average molecular weight is 385 g/mol. The van der Waals surface area contributed by atoms with Crippen molar-refractivity contribution in [2.45, 2.75) is 0 Å². The fraction of sp³-hybridized carbons (Fsp3) is 0.368. The minimum Gasteiger partial charge on any atom is -0.465 e. The first-order valence-electron chi connectivity index (χ1n) is 9.03. The van der Waals surface area contributed by atoms with Crippen LogP contribution in [0.5, 0.6) is 0 Å². The second-order valence-corrected chi connectivity index (χ2v) is 6.21. The molecule has 0 bridgehead atoms. The first-order chi connectivity index (χ1) is 13.7. The number of morpholine rings is 1. The lowest BCUT2D eigenvalue weighted by Crippen LogP contribution is -2.39. The molecule has 1 aliphatic heterocycles. The number of aromatic nitrogens is 2. The highest BCUT2D eigenvalue weighted by molar-refractivity contribution is 6.03. The van der Waals surface area contributed by atoms with Gasteiger partial charge in [0.05, 0.1) is 25.9 Å². The van der Waals surface area contributed by atoms with E-state index < -0.39 is 11.9 Å². The lowest BCUT2D eigenvalue weighted by molar-refractivity contribution is 0.0398. The summed E-state index contributed by atoms with van der Waals surface area (Å²) in [5.74, 6) is -0.268. The zero-order valence-corrected chi connectivity index (χ0v) is 15.7. The van der Waals surface area contributed by atoms with Gasteiger partial charge in [-0.3, -0.25) is 9.69 Å². The second kappa shape index (κ2) is 9.77. The molecule has 0 radical (unpaired) electrons. The topological polar surface area (TPSA) is 106 Å². The first kappa shape index (κ1) is 19.7. The van der Waals surface area contributed by atoms with Gasteiger partial charge in [-0.05, 0) is 30.3 Å². The van der Waals surface area contributed by atoms with Crippen molar-refractivity contribution in [2.75, 3.05) is 57.1 Å². The van der Waals surface area contributed by atoms with Gasteiger partial charge in [-0.15, -0.1) is 10.2 Å².